The standard InChI is InChI=1S/C22H28N2O3/c25-20-16-22(17-24(20)12-4-8-18-6-2-1-3-7-18)10-13-23(14-11-22)21(26)19-9-5-15-27-19/h1-4,6-8,19H,5,9-17H2. The predicted octanol–water partition coefficient (Wildman–Crippen LogP) is 2.72. The average molecular weight is 368 g/mol. The highest BCUT2D eigenvalue weighted by molar-refractivity contribution is 5.82. The van der Waals surface area contributed by atoms with Crippen LogP contribution in [0.4, 0.5) is 0 Å². The Morgan fingerprint density at radius 2 is 2.00 bits per heavy atom. The van der Waals surface area contributed by atoms with E-state index < -0.39 is 0 Å². The fraction of sp³-hybridized carbons (Fsp3) is 0.545. The summed E-state index contributed by atoms with van der Waals surface area (Å²) < 4.78 is 5.54. The Labute approximate surface area is 161 Å². The first-order chi connectivity index (χ1) is 13.2. The summed E-state index contributed by atoms with van der Waals surface area (Å²) in [6.07, 6.45) is 8.18. The molecule has 0 saturated carbocycles. The molecule has 27 heavy (non-hydrogen) atoms. The first-order valence-electron chi connectivity index (χ1n) is 10.1. The second-order valence-electron chi connectivity index (χ2n) is 8.09. The zero-order valence-electron chi connectivity index (χ0n) is 15.8. The maximum absolute atomic E-state index is 12.5. The highest BCUT2D eigenvalue weighted by Crippen LogP contribution is 2.41. The van der Waals surface area contributed by atoms with E-state index in [1.54, 1.807) is 0 Å². The molecule has 3 aliphatic rings. The van der Waals surface area contributed by atoms with E-state index in [0.717, 1.165) is 50.9 Å². The van der Waals surface area contributed by atoms with Crippen molar-refractivity contribution in [2.24, 2.45) is 5.41 Å². The molecule has 3 heterocycles. The lowest BCUT2D eigenvalue weighted by Crippen LogP contribution is -2.47. The van der Waals surface area contributed by atoms with Crippen LogP contribution in [0, 0.1) is 5.41 Å². The predicted molar refractivity (Wildman–Crippen MR) is 104 cm³/mol. The van der Waals surface area contributed by atoms with E-state index in [1.807, 2.05) is 28.0 Å². The third-order valence-corrected chi connectivity index (χ3v) is 6.18. The Kier molecular flexibility index (Phi) is 5.30. The number of amides is 2. The first-order valence-corrected chi connectivity index (χ1v) is 10.1. The van der Waals surface area contributed by atoms with Gasteiger partial charge in [0, 0.05) is 44.6 Å². The zero-order valence-corrected chi connectivity index (χ0v) is 15.8. The molecule has 1 atom stereocenters. The zero-order chi connectivity index (χ0) is 18.7. The molecule has 1 unspecified atom stereocenters. The van der Waals surface area contributed by atoms with Crippen molar-refractivity contribution in [1.29, 1.82) is 0 Å². The summed E-state index contributed by atoms with van der Waals surface area (Å²) >= 11 is 0. The Balaban J connectivity index is 1.30. The van der Waals surface area contributed by atoms with Gasteiger partial charge in [-0.1, -0.05) is 42.5 Å². The summed E-state index contributed by atoms with van der Waals surface area (Å²) in [4.78, 5) is 28.9. The van der Waals surface area contributed by atoms with Crippen molar-refractivity contribution in [3.8, 4) is 0 Å². The van der Waals surface area contributed by atoms with Crippen molar-refractivity contribution in [3.63, 3.8) is 0 Å². The summed E-state index contributed by atoms with van der Waals surface area (Å²) in [5, 5.41) is 0. The lowest BCUT2D eigenvalue weighted by molar-refractivity contribution is -0.143. The number of nitrogens with zero attached hydrogens (tertiary/aromatic N) is 2. The van der Waals surface area contributed by atoms with Gasteiger partial charge < -0.3 is 14.5 Å². The van der Waals surface area contributed by atoms with E-state index in [2.05, 4.69) is 24.3 Å². The minimum Gasteiger partial charge on any atom is -0.368 e. The van der Waals surface area contributed by atoms with Crippen molar-refractivity contribution in [2.75, 3.05) is 32.8 Å². The number of likely N-dealkylation sites (tertiary alicyclic amines) is 2. The van der Waals surface area contributed by atoms with Crippen LogP contribution in [0.25, 0.3) is 6.08 Å². The molecule has 1 aromatic rings. The number of hydrogen-bond acceptors (Lipinski definition) is 3. The molecule has 0 aromatic heterocycles. The van der Waals surface area contributed by atoms with Crippen molar-refractivity contribution >= 4 is 17.9 Å². The van der Waals surface area contributed by atoms with Crippen LogP contribution < -0.4 is 0 Å². The quantitative estimate of drug-likeness (QED) is 0.821. The molecule has 3 fully saturated rings. The van der Waals surface area contributed by atoms with Crippen LogP contribution in [-0.4, -0.2) is 60.5 Å². The molecule has 0 N–H and O–H groups in total. The molecule has 2 amide bonds. The minimum atomic E-state index is -0.233. The molecule has 3 saturated heterocycles. The molecular weight excluding hydrogens is 340 g/mol. The maximum atomic E-state index is 12.5. The molecule has 3 aliphatic heterocycles. The summed E-state index contributed by atoms with van der Waals surface area (Å²) in [5.74, 6) is 0.390. The number of carbonyl (C=O) groups excluding carboxylic acids is 2. The molecule has 5 heteroatoms. The van der Waals surface area contributed by atoms with Gasteiger partial charge in [-0.25, -0.2) is 0 Å². The molecule has 0 aliphatic carbocycles. The van der Waals surface area contributed by atoms with Gasteiger partial charge in [-0.3, -0.25) is 9.59 Å². The van der Waals surface area contributed by atoms with E-state index in [9.17, 15) is 9.59 Å². The van der Waals surface area contributed by atoms with Crippen LogP contribution in [0.15, 0.2) is 36.4 Å². The van der Waals surface area contributed by atoms with Gasteiger partial charge in [-0.15, -0.1) is 0 Å². The lowest BCUT2D eigenvalue weighted by atomic mass is 9.77. The van der Waals surface area contributed by atoms with Gasteiger partial charge in [-0.2, -0.15) is 0 Å². The van der Waals surface area contributed by atoms with Gasteiger partial charge in [-0.05, 0) is 31.2 Å². The van der Waals surface area contributed by atoms with Gasteiger partial charge in [0.05, 0.1) is 0 Å². The van der Waals surface area contributed by atoms with Crippen LogP contribution in [0.2, 0.25) is 0 Å². The van der Waals surface area contributed by atoms with Crippen LogP contribution in [0.1, 0.15) is 37.7 Å². The van der Waals surface area contributed by atoms with E-state index in [4.69, 9.17) is 4.74 Å². The van der Waals surface area contributed by atoms with Crippen molar-refractivity contribution < 1.29 is 14.3 Å². The Bertz CT molecular complexity index is 702. The monoisotopic (exact) mass is 368 g/mol. The molecule has 144 valence electrons. The summed E-state index contributed by atoms with van der Waals surface area (Å²) in [6.45, 7) is 3.68. The second kappa shape index (κ2) is 7.85. The van der Waals surface area contributed by atoms with E-state index in [1.165, 1.54) is 0 Å². The van der Waals surface area contributed by atoms with E-state index >= 15 is 0 Å². The van der Waals surface area contributed by atoms with E-state index in [-0.39, 0.29) is 23.3 Å². The third-order valence-electron chi connectivity index (χ3n) is 6.18. The third kappa shape index (κ3) is 4.08. The molecule has 1 spiro atoms. The fourth-order valence-electron chi connectivity index (χ4n) is 4.54. The summed E-state index contributed by atoms with van der Waals surface area (Å²) in [5.41, 5.74) is 1.20. The highest BCUT2D eigenvalue weighted by atomic mass is 16.5. The topological polar surface area (TPSA) is 49.9 Å². The molecule has 0 bridgehead atoms. The molecule has 0 radical (unpaired) electrons. The number of hydrogen-bond donors (Lipinski definition) is 0. The maximum Gasteiger partial charge on any atom is 0.251 e. The Morgan fingerprint density at radius 1 is 1.22 bits per heavy atom. The second-order valence-corrected chi connectivity index (χ2v) is 8.09. The summed E-state index contributed by atoms with van der Waals surface area (Å²) in [7, 11) is 0. The highest BCUT2D eigenvalue weighted by Gasteiger charge is 2.45. The van der Waals surface area contributed by atoms with Gasteiger partial charge in [0.15, 0.2) is 0 Å². The smallest absolute Gasteiger partial charge is 0.251 e. The van der Waals surface area contributed by atoms with Gasteiger partial charge in [0.25, 0.3) is 5.91 Å². The lowest BCUT2D eigenvalue weighted by Gasteiger charge is -2.39. The van der Waals surface area contributed by atoms with E-state index in [0.29, 0.717) is 19.6 Å². The number of rotatable bonds is 4. The first kappa shape index (κ1) is 18.2. The minimum absolute atomic E-state index is 0.0466. The van der Waals surface area contributed by atoms with Crippen LogP contribution in [0.3, 0.4) is 0 Å². The fourth-order valence-corrected chi connectivity index (χ4v) is 4.54. The Morgan fingerprint density at radius 3 is 2.70 bits per heavy atom. The van der Waals surface area contributed by atoms with Crippen LogP contribution in [-0.2, 0) is 14.3 Å². The number of benzene rings is 1. The van der Waals surface area contributed by atoms with Crippen molar-refractivity contribution in [2.45, 2.75) is 38.2 Å². The average Bonchev–Trinajstić information content (AvgIpc) is 3.32. The molecule has 1 aromatic carbocycles. The number of ether oxygens (including phenoxy) is 1. The largest absolute Gasteiger partial charge is 0.368 e. The number of piperidine rings is 1. The van der Waals surface area contributed by atoms with Gasteiger partial charge in [0.2, 0.25) is 5.91 Å². The van der Waals surface area contributed by atoms with Gasteiger partial charge >= 0.3 is 0 Å². The Hall–Kier alpha value is -2.14. The van der Waals surface area contributed by atoms with Crippen molar-refractivity contribution in [1.82, 2.24) is 9.80 Å². The molecule has 5 nitrogen and oxygen atoms in total. The number of carbonyl (C=O) groups is 2. The van der Waals surface area contributed by atoms with Crippen LogP contribution in [0.5, 0.6) is 0 Å². The van der Waals surface area contributed by atoms with Crippen molar-refractivity contribution in [3.05, 3.63) is 42.0 Å². The SMILES string of the molecule is O=C1CC2(CCN(C(=O)C3CCCO3)CC2)CN1CC=Cc1ccccc1. The summed E-state index contributed by atoms with van der Waals surface area (Å²) in [6, 6.07) is 10.2. The normalized spacial score (nSPS) is 25.0. The van der Waals surface area contributed by atoms with Crippen LogP contribution >= 0.6 is 0 Å². The molecular formula is C22H28N2O3. The molecule has 4 rings (SSSR count). The van der Waals surface area contributed by atoms with Gasteiger partial charge in [0.1, 0.15) is 6.10 Å².